The van der Waals surface area contributed by atoms with Crippen LogP contribution in [0.15, 0.2) is 0 Å². The number of urea groups is 1. The Hall–Kier alpha value is -0.810. The number of carbonyl (C=O) groups is 1. The molecule has 3 fully saturated rings. The molecule has 0 aromatic carbocycles. The SMILES string of the molecule is CN(C)C(=O)N1CCC2(CC1)OCC[C@H]2CCOCC1CC1. The lowest BCUT2D eigenvalue weighted by molar-refractivity contribution is -0.0668. The fourth-order valence-corrected chi connectivity index (χ4v) is 3.86. The van der Waals surface area contributed by atoms with Crippen molar-refractivity contribution in [1.29, 1.82) is 0 Å². The molecular formula is C17H30N2O3. The molecule has 0 radical (unpaired) electrons. The summed E-state index contributed by atoms with van der Waals surface area (Å²) < 4.78 is 12.0. The maximum Gasteiger partial charge on any atom is 0.319 e. The van der Waals surface area contributed by atoms with Gasteiger partial charge in [-0.2, -0.15) is 0 Å². The molecule has 2 aliphatic heterocycles. The highest BCUT2D eigenvalue weighted by atomic mass is 16.5. The lowest BCUT2D eigenvalue weighted by Gasteiger charge is -2.42. The predicted octanol–water partition coefficient (Wildman–Crippen LogP) is 2.36. The number of ether oxygens (including phenoxy) is 2. The van der Waals surface area contributed by atoms with Crippen molar-refractivity contribution >= 4 is 6.03 Å². The fraction of sp³-hybridized carbons (Fsp3) is 0.941. The molecule has 5 heteroatoms. The van der Waals surface area contributed by atoms with E-state index in [0.717, 1.165) is 64.5 Å². The van der Waals surface area contributed by atoms with Gasteiger partial charge in [0.1, 0.15) is 0 Å². The van der Waals surface area contributed by atoms with Crippen molar-refractivity contribution in [3.8, 4) is 0 Å². The molecule has 1 saturated carbocycles. The van der Waals surface area contributed by atoms with E-state index in [1.54, 1.807) is 4.90 Å². The van der Waals surface area contributed by atoms with Gasteiger partial charge in [0, 0.05) is 47.0 Å². The number of piperidine rings is 1. The molecule has 2 amide bonds. The molecule has 126 valence electrons. The second kappa shape index (κ2) is 6.75. The van der Waals surface area contributed by atoms with Crippen molar-refractivity contribution in [1.82, 2.24) is 9.80 Å². The zero-order valence-corrected chi connectivity index (χ0v) is 14.1. The molecule has 1 spiro atoms. The molecule has 0 N–H and O–H groups in total. The van der Waals surface area contributed by atoms with Crippen LogP contribution in [0.4, 0.5) is 4.79 Å². The summed E-state index contributed by atoms with van der Waals surface area (Å²) in [5, 5.41) is 0. The Morgan fingerprint density at radius 3 is 2.64 bits per heavy atom. The van der Waals surface area contributed by atoms with Crippen LogP contribution in [0.3, 0.4) is 0 Å². The summed E-state index contributed by atoms with van der Waals surface area (Å²) in [6.45, 7) is 4.32. The monoisotopic (exact) mass is 310 g/mol. The number of amides is 2. The van der Waals surface area contributed by atoms with Crippen molar-refractivity contribution in [2.75, 3.05) is 47.0 Å². The molecule has 0 unspecified atom stereocenters. The van der Waals surface area contributed by atoms with E-state index < -0.39 is 0 Å². The highest BCUT2D eigenvalue weighted by Gasteiger charge is 2.46. The average Bonchev–Trinajstić information content (AvgIpc) is 3.27. The third kappa shape index (κ3) is 3.57. The maximum atomic E-state index is 12.1. The Balaban J connectivity index is 1.46. The summed E-state index contributed by atoms with van der Waals surface area (Å²) in [4.78, 5) is 15.7. The summed E-state index contributed by atoms with van der Waals surface area (Å²) in [5.41, 5.74) is 0.00599. The third-order valence-corrected chi connectivity index (χ3v) is 5.52. The van der Waals surface area contributed by atoms with Crippen LogP contribution in [0.1, 0.15) is 38.5 Å². The highest BCUT2D eigenvalue weighted by molar-refractivity contribution is 5.73. The van der Waals surface area contributed by atoms with E-state index in [9.17, 15) is 4.79 Å². The van der Waals surface area contributed by atoms with Gasteiger partial charge in [0.25, 0.3) is 0 Å². The minimum Gasteiger partial charge on any atom is -0.381 e. The first kappa shape index (κ1) is 16.1. The van der Waals surface area contributed by atoms with Crippen LogP contribution in [0.2, 0.25) is 0 Å². The van der Waals surface area contributed by atoms with E-state index in [1.165, 1.54) is 12.8 Å². The van der Waals surface area contributed by atoms with Gasteiger partial charge in [-0.05, 0) is 50.4 Å². The Labute approximate surface area is 133 Å². The summed E-state index contributed by atoms with van der Waals surface area (Å²) in [6, 6.07) is 0.122. The van der Waals surface area contributed by atoms with Crippen LogP contribution < -0.4 is 0 Å². The van der Waals surface area contributed by atoms with Gasteiger partial charge in [-0.3, -0.25) is 0 Å². The molecule has 3 aliphatic rings. The third-order valence-electron chi connectivity index (χ3n) is 5.52. The van der Waals surface area contributed by atoms with Crippen LogP contribution in [0, 0.1) is 11.8 Å². The van der Waals surface area contributed by atoms with E-state index in [2.05, 4.69) is 0 Å². The quantitative estimate of drug-likeness (QED) is 0.732. The van der Waals surface area contributed by atoms with Gasteiger partial charge in [-0.15, -0.1) is 0 Å². The summed E-state index contributed by atoms with van der Waals surface area (Å²) in [6.07, 6.45) is 6.90. The molecule has 1 atom stereocenters. The molecule has 0 aromatic rings. The van der Waals surface area contributed by atoms with Crippen LogP contribution in [0.25, 0.3) is 0 Å². The number of hydrogen-bond donors (Lipinski definition) is 0. The van der Waals surface area contributed by atoms with Gasteiger partial charge in [-0.1, -0.05) is 0 Å². The lowest BCUT2D eigenvalue weighted by Crippen LogP contribution is -2.51. The Morgan fingerprint density at radius 2 is 2.00 bits per heavy atom. The van der Waals surface area contributed by atoms with Gasteiger partial charge in [0.2, 0.25) is 0 Å². The molecule has 5 nitrogen and oxygen atoms in total. The van der Waals surface area contributed by atoms with E-state index in [4.69, 9.17) is 9.47 Å². The van der Waals surface area contributed by atoms with Gasteiger partial charge in [0.05, 0.1) is 5.60 Å². The van der Waals surface area contributed by atoms with Gasteiger partial charge in [-0.25, -0.2) is 4.79 Å². The van der Waals surface area contributed by atoms with Crippen molar-refractivity contribution in [3.05, 3.63) is 0 Å². The molecule has 0 bridgehead atoms. The Kier molecular flexibility index (Phi) is 4.93. The topological polar surface area (TPSA) is 42.0 Å². The largest absolute Gasteiger partial charge is 0.381 e. The molecule has 2 heterocycles. The molecule has 22 heavy (non-hydrogen) atoms. The molecule has 3 rings (SSSR count). The predicted molar refractivity (Wildman–Crippen MR) is 84.8 cm³/mol. The standard InChI is InChI=1S/C17H30N2O3/c1-18(2)16(20)19-9-7-17(8-10-19)15(6-12-22-17)5-11-21-13-14-3-4-14/h14-15H,3-13H2,1-2H3/t15-/m1/s1. The zero-order valence-electron chi connectivity index (χ0n) is 14.1. The van der Waals surface area contributed by atoms with Gasteiger partial charge >= 0.3 is 6.03 Å². The second-order valence-corrected chi connectivity index (χ2v) is 7.37. The number of likely N-dealkylation sites (tertiary alicyclic amines) is 1. The molecule has 2 saturated heterocycles. The first-order chi connectivity index (χ1) is 10.6. The smallest absolute Gasteiger partial charge is 0.319 e. The van der Waals surface area contributed by atoms with Crippen molar-refractivity contribution in [3.63, 3.8) is 0 Å². The molecular weight excluding hydrogens is 280 g/mol. The van der Waals surface area contributed by atoms with Crippen LogP contribution in [-0.2, 0) is 9.47 Å². The number of hydrogen-bond acceptors (Lipinski definition) is 3. The van der Waals surface area contributed by atoms with Crippen LogP contribution in [0.5, 0.6) is 0 Å². The Morgan fingerprint density at radius 1 is 1.27 bits per heavy atom. The second-order valence-electron chi connectivity index (χ2n) is 7.37. The van der Waals surface area contributed by atoms with Crippen LogP contribution >= 0.6 is 0 Å². The first-order valence-corrected chi connectivity index (χ1v) is 8.79. The van der Waals surface area contributed by atoms with Crippen molar-refractivity contribution < 1.29 is 14.3 Å². The minimum atomic E-state index is 0.00599. The summed E-state index contributed by atoms with van der Waals surface area (Å²) >= 11 is 0. The number of carbonyl (C=O) groups excluding carboxylic acids is 1. The lowest BCUT2D eigenvalue weighted by atomic mass is 9.78. The molecule has 1 aliphatic carbocycles. The average molecular weight is 310 g/mol. The minimum absolute atomic E-state index is 0.00599. The van der Waals surface area contributed by atoms with Crippen molar-refractivity contribution in [2.45, 2.75) is 44.1 Å². The fourth-order valence-electron chi connectivity index (χ4n) is 3.86. The van der Waals surface area contributed by atoms with Crippen molar-refractivity contribution in [2.24, 2.45) is 11.8 Å². The Bertz CT molecular complexity index is 387. The summed E-state index contributed by atoms with van der Waals surface area (Å²) in [7, 11) is 3.64. The number of nitrogens with zero attached hydrogens (tertiary/aromatic N) is 2. The highest BCUT2D eigenvalue weighted by Crippen LogP contribution is 2.42. The van der Waals surface area contributed by atoms with E-state index in [1.807, 2.05) is 19.0 Å². The van der Waals surface area contributed by atoms with Crippen LogP contribution in [-0.4, -0.2) is 68.4 Å². The van der Waals surface area contributed by atoms with E-state index >= 15 is 0 Å². The summed E-state index contributed by atoms with van der Waals surface area (Å²) in [5.74, 6) is 1.44. The molecule has 0 aromatic heterocycles. The number of rotatable bonds is 5. The van der Waals surface area contributed by atoms with Gasteiger partial charge in [0.15, 0.2) is 0 Å². The maximum absolute atomic E-state index is 12.1. The van der Waals surface area contributed by atoms with Gasteiger partial charge < -0.3 is 19.3 Å². The normalized spacial score (nSPS) is 27.4. The van der Waals surface area contributed by atoms with E-state index in [-0.39, 0.29) is 11.6 Å². The zero-order chi connectivity index (χ0) is 15.6. The first-order valence-electron chi connectivity index (χ1n) is 8.79. The van der Waals surface area contributed by atoms with E-state index in [0.29, 0.717) is 5.92 Å².